The molecule has 0 radical (unpaired) electrons. The zero-order valence-electron chi connectivity index (χ0n) is 12.1. The fourth-order valence-corrected chi connectivity index (χ4v) is 2.88. The first-order chi connectivity index (χ1) is 8.70. The molecule has 1 aromatic carbocycles. The summed E-state index contributed by atoms with van der Waals surface area (Å²) in [4.78, 5) is 14.6. The molecule has 2 atom stereocenters. The molecule has 20 heavy (non-hydrogen) atoms. The van der Waals surface area contributed by atoms with Gasteiger partial charge in [0.2, 0.25) is 5.91 Å². The maximum absolute atomic E-state index is 12.7. The van der Waals surface area contributed by atoms with Gasteiger partial charge in [-0.15, -0.1) is 12.4 Å². The summed E-state index contributed by atoms with van der Waals surface area (Å²) in [5.74, 6) is 0.544. The highest BCUT2D eigenvalue weighted by Gasteiger charge is 2.61. The van der Waals surface area contributed by atoms with E-state index in [1.807, 2.05) is 36.9 Å². The third kappa shape index (κ3) is 2.97. The van der Waals surface area contributed by atoms with Gasteiger partial charge in [-0.3, -0.25) is 4.79 Å². The second-order valence-corrected chi connectivity index (χ2v) is 4.95. The van der Waals surface area contributed by atoms with Crippen LogP contribution in [0.5, 0.6) is 0 Å². The fraction of sp³-hybridized carbons (Fsp3) is 0.533. The van der Waals surface area contributed by atoms with Gasteiger partial charge in [0, 0.05) is 13.1 Å². The molecule has 1 saturated carbocycles. The van der Waals surface area contributed by atoms with Crippen molar-refractivity contribution >= 4 is 18.3 Å². The maximum Gasteiger partial charge on any atom is 0.233 e. The van der Waals surface area contributed by atoms with E-state index in [0.717, 1.165) is 25.1 Å². The lowest BCUT2D eigenvalue weighted by molar-refractivity contribution is -0.134. The van der Waals surface area contributed by atoms with E-state index in [-0.39, 0.29) is 29.2 Å². The van der Waals surface area contributed by atoms with Crippen molar-refractivity contribution in [1.29, 1.82) is 0 Å². The smallest absolute Gasteiger partial charge is 0.233 e. The molecule has 0 saturated heterocycles. The average Bonchev–Trinajstić information content (AvgIpc) is 3.17. The molecule has 4 nitrogen and oxygen atoms in total. The first-order valence-electron chi connectivity index (χ1n) is 6.75. The molecule has 4 N–H and O–H groups in total. The lowest BCUT2D eigenvalue weighted by Crippen LogP contribution is -2.40. The zero-order chi connectivity index (χ0) is 13.2. The number of likely N-dealkylation sites (N-methyl/N-ethyl adjacent to an activating group) is 1. The Bertz CT molecular complexity index is 423. The van der Waals surface area contributed by atoms with Gasteiger partial charge in [-0.1, -0.05) is 30.3 Å². The molecule has 0 unspecified atom stereocenters. The third-order valence-corrected chi connectivity index (χ3v) is 4.11. The lowest BCUT2D eigenvalue weighted by atomic mass is 9.91. The normalized spacial score (nSPS) is 23.2. The highest BCUT2D eigenvalue weighted by molar-refractivity contribution is 5.92. The molecule has 1 amide bonds. The van der Waals surface area contributed by atoms with E-state index in [0.29, 0.717) is 12.5 Å². The molecule has 1 fully saturated rings. The topological polar surface area (TPSA) is 77.8 Å². The van der Waals surface area contributed by atoms with Crippen LogP contribution in [0.3, 0.4) is 0 Å². The van der Waals surface area contributed by atoms with Crippen LogP contribution in [0, 0.1) is 5.92 Å². The Morgan fingerprint density at radius 1 is 1.30 bits per heavy atom. The number of nitrogens with zero attached hydrogens (tertiary/aromatic N) is 1. The molecule has 5 heteroatoms. The van der Waals surface area contributed by atoms with Crippen LogP contribution in [0.4, 0.5) is 0 Å². The van der Waals surface area contributed by atoms with Gasteiger partial charge in [-0.2, -0.15) is 0 Å². The van der Waals surface area contributed by atoms with Crippen molar-refractivity contribution in [3.8, 4) is 0 Å². The van der Waals surface area contributed by atoms with Crippen molar-refractivity contribution in [2.75, 3.05) is 19.6 Å². The van der Waals surface area contributed by atoms with Crippen LogP contribution in [-0.4, -0.2) is 35.9 Å². The first-order valence-corrected chi connectivity index (χ1v) is 6.75. The standard InChI is InChI=1S/C15H22N2O.ClH.H2O/c1-3-17(4-2)14(18)15(10-13(15)11-16)12-8-6-5-7-9-12;;/h5-9,13H,3-4,10-11,16H2,1-2H3;1H;1H2/t13-,15+;;/m0../s1. The van der Waals surface area contributed by atoms with E-state index in [4.69, 9.17) is 5.73 Å². The van der Waals surface area contributed by atoms with Crippen LogP contribution in [0.15, 0.2) is 30.3 Å². The minimum absolute atomic E-state index is 0. The molecule has 0 bridgehead atoms. The minimum Gasteiger partial charge on any atom is -0.412 e. The molecule has 0 heterocycles. The predicted molar refractivity (Wildman–Crippen MR) is 84.1 cm³/mol. The Hall–Kier alpha value is -1.10. The number of amides is 1. The number of carbonyl (C=O) groups is 1. The Labute approximate surface area is 127 Å². The van der Waals surface area contributed by atoms with Crippen LogP contribution in [-0.2, 0) is 10.2 Å². The SMILES string of the molecule is CCN(CC)C(=O)[C@@]1(c2ccccc2)C[C@H]1CN.Cl.O. The van der Waals surface area contributed by atoms with E-state index >= 15 is 0 Å². The Morgan fingerprint density at radius 2 is 1.85 bits per heavy atom. The molecule has 0 aliphatic heterocycles. The minimum atomic E-state index is -0.345. The van der Waals surface area contributed by atoms with Gasteiger partial charge in [-0.05, 0) is 38.3 Å². The van der Waals surface area contributed by atoms with Crippen molar-refractivity contribution in [3.63, 3.8) is 0 Å². The van der Waals surface area contributed by atoms with Crippen molar-refractivity contribution in [2.45, 2.75) is 25.7 Å². The summed E-state index contributed by atoms with van der Waals surface area (Å²) in [6.07, 6.45) is 0.892. The van der Waals surface area contributed by atoms with Crippen LogP contribution in [0.2, 0.25) is 0 Å². The molecule has 0 spiro atoms. The summed E-state index contributed by atoms with van der Waals surface area (Å²) in [5.41, 5.74) is 6.57. The summed E-state index contributed by atoms with van der Waals surface area (Å²) in [6, 6.07) is 10.1. The van der Waals surface area contributed by atoms with E-state index in [1.165, 1.54) is 0 Å². The van der Waals surface area contributed by atoms with Gasteiger partial charge < -0.3 is 16.1 Å². The second-order valence-electron chi connectivity index (χ2n) is 4.95. The maximum atomic E-state index is 12.7. The van der Waals surface area contributed by atoms with Crippen LogP contribution >= 0.6 is 12.4 Å². The molecule has 0 aromatic heterocycles. The third-order valence-electron chi connectivity index (χ3n) is 4.11. The van der Waals surface area contributed by atoms with Crippen LogP contribution in [0.25, 0.3) is 0 Å². The van der Waals surface area contributed by atoms with Crippen molar-refractivity contribution < 1.29 is 10.3 Å². The van der Waals surface area contributed by atoms with Gasteiger partial charge in [0.15, 0.2) is 0 Å². The molecular weight excluding hydrogens is 276 g/mol. The van der Waals surface area contributed by atoms with Gasteiger partial charge in [0.25, 0.3) is 0 Å². The van der Waals surface area contributed by atoms with Gasteiger partial charge >= 0.3 is 0 Å². The highest BCUT2D eigenvalue weighted by atomic mass is 35.5. The second kappa shape index (κ2) is 7.62. The summed E-state index contributed by atoms with van der Waals surface area (Å²) < 4.78 is 0. The largest absolute Gasteiger partial charge is 0.412 e. The summed E-state index contributed by atoms with van der Waals surface area (Å²) in [5, 5.41) is 0. The summed E-state index contributed by atoms with van der Waals surface area (Å²) in [7, 11) is 0. The molecule has 2 rings (SSSR count). The monoisotopic (exact) mass is 300 g/mol. The number of nitrogens with two attached hydrogens (primary N) is 1. The predicted octanol–water partition coefficient (Wildman–Crippen LogP) is 1.37. The fourth-order valence-electron chi connectivity index (χ4n) is 2.88. The van der Waals surface area contributed by atoms with Gasteiger partial charge in [0.05, 0.1) is 5.41 Å². The van der Waals surface area contributed by atoms with Gasteiger partial charge in [-0.25, -0.2) is 0 Å². The molecule has 1 aliphatic rings. The summed E-state index contributed by atoms with van der Waals surface area (Å²) in [6.45, 7) is 6.17. The number of hydrogen-bond acceptors (Lipinski definition) is 2. The number of halogens is 1. The van der Waals surface area contributed by atoms with Crippen molar-refractivity contribution in [3.05, 3.63) is 35.9 Å². The Morgan fingerprint density at radius 3 is 2.25 bits per heavy atom. The average molecular weight is 301 g/mol. The van der Waals surface area contributed by atoms with Gasteiger partial charge in [0.1, 0.15) is 0 Å². The van der Waals surface area contributed by atoms with E-state index in [2.05, 4.69) is 12.1 Å². The van der Waals surface area contributed by atoms with Crippen molar-refractivity contribution in [2.24, 2.45) is 11.7 Å². The number of rotatable bonds is 5. The zero-order valence-corrected chi connectivity index (χ0v) is 13.0. The van der Waals surface area contributed by atoms with E-state index in [1.54, 1.807) is 0 Å². The quantitative estimate of drug-likeness (QED) is 0.891. The first kappa shape index (κ1) is 18.9. The number of carbonyl (C=O) groups excluding carboxylic acids is 1. The molecule has 1 aliphatic carbocycles. The Kier molecular flexibility index (Phi) is 7.20. The van der Waals surface area contributed by atoms with Crippen molar-refractivity contribution in [1.82, 2.24) is 4.90 Å². The number of hydrogen-bond donors (Lipinski definition) is 1. The molecule has 1 aromatic rings. The van der Waals surface area contributed by atoms with Crippen LogP contribution < -0.4 is 5.73 Å². The highest BCUT2D eigenvalue weighted by Crippen LogP contribution is 2.54. The summed E-state index contributed by atoms with van der Waals surface area (Å²) >= 11 is 0. The van der Waals surface area contributed by atoms with E-state index < -0.39 is 0 Å². The Balaban J connectivity index is 0.00000180. The van der Waals surface area contributed by atoms with Crippen LogP contribution in [0.1, 0.15) is 25.8 Å². The number of benzene rings is 1. The lowest BCUT2D eigenvalue weighted by Gasteiger charge is -2.26. The molecule has 114 valence electrons. The molecular formula is C15H25ClN2O2. The van der Waals surface area contributed by atoms with E-state index in [9.17, 15) is 4.79 Å².